The molecule has 30 heteroatoms. The van der Waals surface area contributed by atoms with E-state index < -0.39 is 177 Å². The largest absolute Gasteiger partial charge is 0.463 e. The lowest BCUT2D eigenvalue weighted by Crippen LogP contribution is -2.70. The first-order valence-corrected chi connectivity index (χ1v) is 25.2. The van der Waals surface area contributed by atoms with Gasteiger partial charge in [0.2, 0.25) is 11.8 Å². The predicted molar refractivity (Wildman–Crippen MR) is 253 cm³/mol. The molecule has 0 saturated carbocycles. The van der Waals surface area contributed by atoms with E-state index in [1.165, 1.54) is 30.5 Å². The molecule has 3 saturated heterocycles. The van der Waals surface area contributed by atoms with Gasteiger partial charge in [0.15, 0.2) is 61.5 Å². The van der Waals surface area contributed by atoms with Gasteiger partial charge in [-0.3, -0.25) is 57.5 Å². The molecule has 0 radical (unpaired) electrons. The molecule has 3 aliphatic heterocycles. The molecule has 0 aliphatic carbocycles. The van der Waals surface area contributed by atoms with Crippen molar-refractivity contribution in [3.8, 4) is 0 Å². The topological polar surface area (TPSA) is 359 Å². The number of ether oxygens (including phenoxy) is 15. The van der Waals surface area contributed by atoms with E-state index in [1.54, 1.807) is 0 Å². The average Bonchev–Trinajstić information content (AvgIpc) is 3.29. The third kappa shape index (κ3) is 21.3. The summed E-state index contributed by atoms with van der Waals surface area (Å²) in [4.78, 5) is 153. The molecule has 3 heterocycles. The van der Waals surface area contributed by atoms with Crippen molar-refractivity contribution >= 4 is 83.3 Å². The van der Waals surface area contributed by atoms with Crippen LogP contribution in [-0.2, 0) is 129 Å². The monoisotopic (exact) mass is 1120 g/mol. The molecule has 3 fully saturated rings. The highest BCUT2D eigenvalue weighted by Gasteiger charge is 2.60. The molecule has 3 rings (SSSR count). The van der Waals surface area contributed by atoms with Crippen LogP contribution in [0.2, 0.25) is 0 Å². The normalized spacial score (nSPS) is 28.6. The lowest BCUT2D eigenvalue weighted by Gasteiger charge is -2.51. The van der Waals surface area contributed by atoms with Gasteiger partial charge in [-0.25, -0.2) is 0 Å². The highest BCUT2D eigenvalue weighted by molar-refractivity contribution is 7.99. The lowest BCUT2D eigenvalue weighted by molar-refractivity contribution is -0.377. The Morgan fingerprint density at radius 3 is 1.16 bits per heavy atom. The number of carbonyl (C=O) groups is 12. The number of esters is 10. The van der Waals surface area contributed by atoms with Crippen molar-refractivity contribution in [2.45, 2.75) is 182 Å². The van der Waals surface area contributed by atoms with E-state index in [0.717, 1.165) is 69.2 Å². The van der Waals surface area contributed by atoms with Gasteiger partial charge in [0, 0.05) is 102 Å². The Morgan fingerprint density at radius 1 is 0.403 bits per heavy atom. The minimum absolute atomic E-state index is 0.0443. The quantitative estimate of drug-likeness (QED) is 0.0668. The number of nitrogens with zero attached hydrogens (tertiary/aromatic N) is 1. The van der Waals surface area contributed by atoms with Crippen LogP contribution in [0.4, 0.5) is 0 Å². The molecule has 0 unspecified atom stereocenters. The molecule has 3 aliphatic rings. The fourth-order valence-electron chi connectivity index (χ4n) is 8.22. The highest BCUT2D eigenvalue weighted by Crippen LogP contribution is 2.39. The summed E-state index contributed by atoms with van der Waals surface area (Å²) in [5.74, 6) is -9.56. The Bertz CT molecular complexity index is 2130. The van der Waals surface area contributed by atoms with Crippen LogP contribution < -0.4 is 5.32 Å². The summed E-state index contributed by atoms with van der Waals surface area (Å²) in [6.45, 7) is 10.6. The van der Waals surface area contributed by atoms with Crippen LogP contribution in [0.15, 0.2) is 0 Å². The predicted octanol–water partition coefficient (Wildman–Crippen LogP) is -0.749. The van der Waals surface area contributed by atoms with E-state index in [4.69, 9.17) is 71.1 Å². The van der Waals surface area contributed by atoms with Crippen molar-refractivity contribution in [2.75, 3.05) is 44.4 Å². The molecule has 0 aromatic carbocycles. The maximum absolute atomic E-state index is 13.5. The van der Waals surface area contributed by atoms with Gasteiger partial charge in [-0.1, -0.05) is 0 Å². The Balaban J connectivity index is 2.35. The molecule has 15 atom stereocenters. The van der Waals surface area contributed by atoms with Crippen LogP contribution >= 0.6 is 11.8 Å². The summed E-state index contributed by atoms with van der Waals surface area (Å²) >= 11 is 1.46. The zero-order valence-corrected chi connectivity index (χ0v) is 45.5. The fourth-order valence-corrected chi connectivity index (χ4v) is 9.01. The van der Waals surface area contributed by atoms with E-state index >= 15 is 0 Å². The van der Waals surface area contributed by atoms with Crippen LogP contribution in [0.3, 0.4) is 0 Å². The SMILES string of the molecule is CC(=O)NCCSCCCN(C(C)=O)[C@@H]1O[C@H](COC(C)=O)[C@@H](O[C@@H]2O[C@H](COC(C)=O)[C@H](OC(C)=O)[C@H](O[C@H]3O[C@H](COC(C)=O)[C@H](OC(C)=O)[C@H](OC(C)=O)[C@H]3OC(C)=O)[C@H]2OC(C)=O)[C@H](OC(C)=O)[C@H]1OC(C)=O. The minimum atomic E-state index is -2.11. The number of carbonyl (C=O) groups excluding carboxylic acids is 12. The molecule has 29 nitrogen and oxygen atoms in total. The van der Waals surface area contributed by atoms with Gasteiger partial charge >= 0.3 is 59.7 Å². The summed E-state index contributed by atoms with van der Waals surface area (Å²) in [5, 5.41) is 2.68. The zero-order chi connectivity index (χ0) is 57.8. The summed E-state index contributed by atoms with van der Waals surface area (Å²) in [5.41, 5.74) is 0. The smallest absolute Gasteiger partial charge is 0.303 e. The summed E-state index contributed by atoms with van der Waals surface area (Å²) < 4.78 is 87.6. The first-order chi connectivity index (χ1) is 36.1. The van der Waals surface area contributed by atoms with Crippen molar-refractivity contribution in [1.82, 2.24) is 10.2 Å². The van der Waals surface area contributed by atoms with Gasteiger partial charge in [-0.15, -0.1) is 0 Å². The molecular formula is C47H68N2O27S. The Kier molecular flexibility index (Phi) is 26.4. The number of nitrogens with one attached hydrogen (secondary N) is 1. The first kappa shape index (κ1) is 65.1. The second kappa shape index (κ2) is 31.3. The second-order valence-corrected chi connectivity index (χ2v) is 18.7. The van der Waals surface area contributed by atoms with Crippen molar-refractivity contribution in [3.63, 3.8) is 0 Å². The van der Waals surface area contributed by atoms with Gasteiger partial charge in [-0.05, 0) is 12.2 Å². The molecule has 1 N–H and O–H groups in total. The highest BCUT2D eigenvalue weighted by atomic mass is 32.2. The molecule has 0 bridgehead atoms. The van der Waals surface area contributed by atoms with E-state index in [0.29, 0.717) is 24.5 Å². The van der Waals surface area contributed by atoms with Gasteiger partial charge in [0.25, 0.3) is 0 Å². The van der Waals surface area contributed by atoms with Crippen molar-refractivity contribution < 1.29 is 129 Å². The summed E-state index contributed by atoms with van der Waals surface area (Å²) in [6, 6.07) is 0. The molecule has 2 amide bonds. The number of thioether (sulfide) groups is 1. The standard InChI is InChI=1S/C47H68N2O27S/c1-21(50)48-14-17-77-16-13-15-49(22(2)51)45-42(69-30(10)59)39(67-28(8)57)38(33(72-45)18-62-23(3)52)75-46-44(71-32(12)61)41(37(66-27(7)56)35(73-46)20-64-25(5)54)76-47-43(70-31(11)60)40(68-29(9)58)36(65-26(6)55)34(74-47)19-63-24(4)53/h33-47H,13-20H2,1-12H3,(H,48,50)/t33-,34-,35-,36+,37+,38-,39+,40+,41+,42-,43-,44-,45-,46+,47-/m1/s1. The number of rotatable bonds is 25. The van der Waals surface area contributed by atoms with Crippen LogP contribution in [0.1, 0.15) is 89.5 Å². The molecule has 434 valence electrons. The molecule has 0 aromatic heterocycles. The van der Waals surface area contributed by atoms with Crippen molar-refractivity contribution in [2.24, 2.45) is 0 Å². The van der Waals surface area contributed by atoms with E-state index in [9.17, 15) is 57.5 Å². The minimum Gasteiger partial charge on any atom is -0.463 e. The zero-order valence-electron chi connectivity index (χ0n) is 44.7. The third-order valence-electron chi connectivity index (χ3n) is 10.9. The average molecular weight is 1130 g/mol. The van der Waals surface area contributed by atoms with Crippen molar-refractivity contribution in [3.05, 3.63) is 0 Å². The molecule has 0 aromatic rings. The molecule has 77 heavy (non-hydrogen) atoms. The maximum atomic E-state index is 13.5. The Labute approximate surface area is 447 Å². The van der Waals surface area contributed by atoms with Gasteiger partial charge < -0.3 is 81.3 Å². The summed E-state index contributed by atoms with van der Waals surface area (Å²) in [6.07, 6.45) is -27.1. The van der Waals surface area contributed by atoms with E-state index in [2.05, 4.69) is 5.32 Å². The first-order valence-electron chi connectivity index (χ1n) is 24.1. The molecular weight excluding hydrogens is 1060 g/mol. The van der Waals surface area contributed by atoms with Gasteiger partial charge in [0.1, 0.15) is 50.3 Å². The van der Waals surface area contributed by atoms with Crippen LogP contribution in [0, 0.1) is 0 Å². The second-order valence-electron chi connectivity index (χ2n) is 17.4. The number of hydrogen-bond donors (Lipinski definition) is 1. The van der Waals surface area contributed by atoms with Crippen LogP contribution in [-0.4, -0.2) is 213 Å². The summed E-state index contributed by atoms with van der Waals surface area (Å²) in [7, 11) is 0. The lowest BCUT2D eigenvalue weighted by atomic mass is 9.94. The van der Waals surface area contributed by atoms with Gasteiger partial charge in [-0.2, -0.15) is 11.8 Å². The number of amides is 2. The third-order valence-corrected chi connectivity index (χ3v) is 11.9. The Morgan fingerprint density at radius 2 is 0.753 bits per heavy atom. The van der Waals surface area contributed by atoms with Crippen LogP contribution in [0.5, 0.6) is 0 Å². The molecule has 0 spiro atoms. The van der Waals surface area contributed by atoms with E-state index in [-0.39, 0.29) is 12.5 Å². The fraction of sp³-hybridized carbons (Fsp3) is 0.745. The number of hydrogen-bond acceptors (Lipinski definition) is 28. The maximum Gasteiger partial charge on any atom is 0.303 e. The van der Waals surface area contributed by atoms with Gasteiger partial charge in [0.05, 0.1) is 0 Å². The van der Waals surface area contributed by atoms with Crippen molar-refractivity contribution in [1.29, 1.82) is 0 Å². The van der Waals surface area contributed by atoms with E-state index in [1.807, 2.05) is 0 Å². The van der Waals surface area contributed by atoms with Crippen LogP contribution in [0.25, 0.3) is 0 Å². The Hall–Kier alpha value is -6.21.